The van der Waals surface area contributed by atoms with Gasteiger partial charge >= 0.3 is 0 Å². The maximum absolute atomic E-state index is 12.9. The smallest absolute Gasteiger partial charge is 0.240 e. The Morgan fingerprint density at radius 1 is 1.28 bits per heavy atom. The Balaban J connectivity index is 1.19. The minimum absolute atomic E-state index is 0.115. The highest BCUT2D eigenvalue weighted by Gasteiger charge is 2.25. The van der Waals surface area contributed by atoms with E-state index in [1.165, 1.54) is 17.8 Å². The molecular weight excluding hydrogens is 502 g/mol. The quantitative estimate of drug-likeness (QED) is 0.450. The second-order valence-corrected chi connectivity index (χ2v) is 11.4. The van der Waals surface area contributed by atoms with Gasteiger partial charge in [-0.05, 0) is 42.3 Å². The van der Waals surface area contributed by atoms with Gasteiger partial charge in [0, 0.05) is 43.3 Å². The summed E-state index contributed by atoms with van der Waals surface area (Å²) in [5.41, 5.74) is 3.26. The van der Waals surface area contributed by atoms with Gasteiger partial charge in [-0.2, -0.15) is 0 Å². The van der Waals surface area contributed by atoms with Crippen molar-refractivity contribution in [2.75, 3.05) is 51.0 Å². The van der Waals surface area contributed by atoms with E-state index in [1.54, 1.807) is 31.5 Å². The lowest BCUT2D eigenvalue weighted by Gasteiger charge is -2.33. The summed E-state index contributed by atoms with van der Waals surface area (Å²) in [5, 5.41) is 2.73. The van der Waals surface area contributed by atoms with Crippen molar-refractivity contribution in [3.63, 3.8) is 0 Å². The van der Waals surface area contributed by atoms with E-state index >= 15 is 0 Å². The van der Waals surface area contributed by atoms with Crippen molar-refractivity contribution in [1.29, 1.82) is 0 Å². The van der Waals surface area contributed by atoms with E-state index < -0.39 is 10.0 Å². The average Bonchev–Trinajstić information content (AvgIpc) is 2.90. The molecule has 2 aromatic heterocycles. The van der Waals surface area contributed by atoms with E-state index in [-0.39, 0.29) is 23.5 Å². The van der Waals surface area contributed by atoms with E-state index in [1.807, 2.05) is 12.1 Å². The number of methoxy groups -OCH3 is 1. The van der Waals surface area contributed by atoms with Gasteiger partial charge in [-0.15, -0.1) is 11.8 Å². The lowest BCUT2D eigenvalue weighted by Crippen LogP contribution is -2.48. The van der Waals surface area contributed by atoms with Crippen LogP contribution in [0.4, 0.5) is 5.69 Å². The molecule has 0 saturated carbocycles. The topological polar surface area (TPSA) is 123 Å². The molecule has 4 heterocycles. The molecule has 2 N–H and O–H groups in total. The number of rotatable bonds is 8. The number of amides is 1. The summed E-state index contributed by atoms with van der Waals surface area (Å²) >= 11 is 1.39. The van der Waals surface area contributed by atoms with Crippen LogP contribution in [0, 0.1) is 0 Å². The van der Waals surface area contributed by atoms with Crippen molar-refractivity contribution >= 4 is 44.4 Å². The number of carbonyl (C=O) groups is 1. The SMILES string of the molecule is COc1ccc2nccc(CCN3CCOC(CNS(=O)(=O)c4ccc5c(c4)NC(=O)CS5)C3)c2n1. The van der Waals surface area contributed by atoms with Crippen LogP contribution in [0.15, 0.2) is 52.4 Å². The third kappa shape index (κ3) is 5.62. The standard InChI is InChI=1S/C24H27N5O5S2/c1-33-23-5-3-19-24(28-23)16(6-8-25-19)7-9-29-10-11-34-17(14-29)13-26-36(31,32)18-2-4-21-20(12-18)27-22(30)15-35-21/h2-6,8,12,17,26H,7,9-11,13-15H2,1H3,(H,27,30). The van der Waals surface area contributed by atoms with Crippen molar-refractivity contribution in [3.05, 3.63) is 48.2 Å². The molecule has 1 atom stereocenters. The molecule has 190 valence electrons. The number of hydrogen-bond acceptors (Lipinski definition) is 9. The van der Waals surface area contributed by atoms with E-state index in [0.717, 1.165) is 41.0 Å². The summed E-state index contributed by atoms with van der Waals surface area (Å²) < 4.78 is 39.5. The van der Waals surface area contributed by atoms with Crippen LogP contribution in [0.5, 0.6) is 5.88 Å². The Hall–Kier alpha value is -2.77. The molecule has 12 heteroatoms. The highest BCUT2D eigenvalue weighted by molar-refractivity contribution is 8.00. The number of thioether (sulfide) groups is 1. The predicted molar refractivity (Wildman–Crippen MR) is 137 cm³/mol. The van der Waals surface area contributed by atoms with Crippen LogP contribution < -0.4 is 14.8 Å². The molecule has 0 radical (unpaired) electrons. The summed E-state index contributed by atoms with van der Waals surface area (Å²) in [6, 6.07) is 10.4. The van der Waals surface area contributed by atoms with Crippen LogP contribution in [0.1, 0.15) is 5.56 Å². The van der Waals surface area contributed by atoms with Crippen LogP contribution in [-0.4, -0.2) is 80.9 Å². The fourth-order valence-corrected chi connectivity index (χ4v) is 6.16. The lowest BCUT2D eigenvalue weighted by molar-refractivity contribution is -0.113. The molecule has 10 nitrogen and oxygen atoms in total. The Morgan fingerprint density at radius 2 is 2.17 bits per heavy atom. The molecular formula is C24H27N5O5S2. The number of ether oxygens (including phenoxy) is 2. The number of sulfonamides is 1. The summed E-state index contributed by atoms with van der Waals surface area (Å²) in [7, 11) is -2.16. The maximum Gasteiger partial charge on any atom is 0.240 e. The zero-order valence-corrected chi connectivity index (χ0v) is 21.4. The number of anilines is 1. The van der Waals surface area contributed by atoms with Crippen LogP contribution in [0.3, 0.4) is 0 Å². The number of morpholine rings is 1. The Kier molecular flexibility index (Phi) is 7.39. The molecule has 1 saturated heterocycles. The summed E-state index contributed by atoms with van der Waals surface area (Å²) in [6.45, 7) is 2.85. The second-order valence-electron chi connectivity index (χ2n) is 8.58. The molecule has 3 aromatic rings. The third-order valence-corrected chi connectivity index (χ3v) is 8.66. The highest BCUT2D eigenvalue weighted by Crippen LogP contribution is 2.33. The number of nitrogens with one attached hydrogen (secondary N) is 2. The largest absolute Gasteiger partial charge is 0.481 e. The van der Waals surface area contributed by atoms with E-state index in [4.69, 9.17) is 9.47 Å². The van der Waals surface area contributed by atoms with Crippen molar-refractivity contribution in [2.24, 2.45) is 0 Å². The number of hydrogen-bond donors (Lipinski definition) is 2. The van der Waals surface area contributed by atoms with Gasteiger partial charge in [-0.25, -0.2) is 18.1 Å². The first-order valence-electron chi connectivity index (χ1n) is 11.6. The van der Waals surface area contributed by atoms with Gasteiger partial charge in [0.2, 0.25) is 21.8 Å². The minimum atomic E-state index is -3.75. The van der Waals surface area contributed by atoms with Crippen LogP contribution in [-0.2, 0) is 26.0 Å². The fourth-order valence-electron chi connectivity index (χ4n) is 4.28. The first-order valence-corrected chi connectivity index (χ1v) is 14.1. The zero-order chi connectivity index (χ0) is 25.1. The zero-order valence-electron chi connectivity index (χ0n) is 19.8. The molecule has 2 aliphatic rings. The minimum Gasteiger partial charge on any atom is -0.481 e. The number of aromatic nitrogens is 2. The monoisotopic (exact) mass is 529 g/mol. The Bertz CT molecular complexity index is 1380. The van der Waals surface area contributed by atoms with Gasteiger partial charge in [0.15, 0.2) is 0 Å². The molecule has 1 aromatic carbocycles. The predicted octanol–water partition coefficient (Wildman–Crippen LogP) is 1.90. The average molecular weight is 530 g/mol. The first-order chi connectivity index (χ1) is 17.4. The molecule has 0 spiro atoms. The van der Waals surface area contributed by atoms with Crippen LogP contribution in [0.2, 0.25) is 0 Å². The van der Waals surface area contributed by atoms with Crippen molar-refractivity contribution < 1.29 is 22.7 Å². The third-order valence-electron chi connectivity index (χ3n) is 6.17. The van der Waals surface area contributed by atoms with Gasteiger partial charge in [0.05, 0.1) is 47.2 Å². The van der Waals surface area contributed by atoms with Crippen LogP contribution >= 0.6 is 11.8 Å². The molecule has 5 rings (SSSR count). The number of pyridine rings is 2. The fraction of sp³-hybridized carbons (Fsp3) is 0.375. The second kappa shape index (κ2) is 10.7. The van der Waals surface area contributed by atoms with E-state index in [2.05, 4.69) is 24.9 Å². The van der Waals surface area contributed by atoms with Crippen molar-refractivity contribution in [2.45, 2.75) is 22.3 Å². The normalized spacial score (nSPS) is 18.6. The van der Waals surface area contributed by atoms with Gasteiger partial charge in [-0.1, -0.05) is 0 Å². The van der Waals surface area contributed by atoms with E-state index in [0.29, 0.717) is 30.5 Å². The van der Waals surface area contributed by atoms with Gasteiger partial charge < -0.3 is 14.8 Å². The molecule has 0 aliphatic carbocycles. The maximum atomic E-state index is 12.9. The molecule has 1 amide bonds. The summed E-state index contributed by atoms with van der Waals surface area (Å²) in [6.07, 6.45) is 2.29. The number of benzene rings is 1. The van der Waals surface area contributed by atoms with Gasteiger partial charge in [-0.3, -0.25) is 14.7 Å². The first kappa shape index (κ1) is 24.9. The van der Waals surface area contributed by atoms with Crippen molar-refractivity contribution in [1.82, 2.24) is 19.6 Å². The Labute approximate surface area is 213 Å². The van der Waals surface area contributed by atoms with E-state index in [9.17, 15) is 13.2 Å². The number of nitrogens with zero attached hydrogens (tertiary/aromatic N) is 3. The number of fused-ring (bicyclic) bond motifs is 2. The van der Waals surface area contributed by atoms with Crippen LogP contribution in [0.25, 0.3) is 11.0 Å². The van der Waals surface area contributed by atoms with Gasteiger partial charge in [0.1, 0.15) is 0 Å². The lowest BCUT2D eigenvalue weighted by atomic mass is 10.1. The molecule has 36 heavy (non-hydrogen) atoms. The van der Waals surface area contributed by atoms with Crippen molar-refractivity contribution in [3.8, 4) is 5.88 Å². The molecule has 0 bridgehead atoms. The van der Waals surface area contributed by atoms with Gasteiger partial charge in [0.25, 0.3) is 0 Å². The molecule has 1 fully saturated rings. The summed E-state index contributed by atoms with van der Waals surface area (Å²) in [4.78, 5) is 23.8. The number of carbonyl (C=O) groups excluding carboxylic acids is 1. The molecule has 1 unspecified atom stereocenters. The Morgan fingerprint density at radius 3 is 3.03 bits per heavy atom. The highest BCUT2D eigenvalue weighted by atomic mass is 32.2. The molecule has 2 aliphatic heterocycles. The summed E-state index contributed by atoms with van der Waals surface area (Å²) in [5.74, 6) is 0.741.